The van der Waals surface area contributed by atoms with E-state index in [9.17, 15) is 4.79 Å². The quantitative estimate of drug-likeness (QED) is 0.834. The molecule has 0 fully saturated rings. The number of nitrogens with one attached hydrogen (secondary N) is 1. The van der Waals surface area contributed by atoms with Crippen LogP contribution in [-0.4, -0.2) is 27.2 Å². The molecule has 0 aliphatic rings. The normalized spacial score (nSPS) is 10.5. The zero-order chi connectivity index (χ0) is 12.3. The maximum atomic E-state index is 11.8. The van der Waals surface area contributed by atoms with E-state index in [2.05, 4.69) is 15.4 Å². The van der Waals surface area contributed by atoms with Crippen molar-refractivity contribution in [2.45, 2.75) is 6.42 Å². The Morgan fingerprint density at radius 3 is 3.12 bits per heavy atom. The molecule has 0 saturated heterocycles. The second-order valence-corrected chi connectivity index (χ2v) is 4.46. The number of aryl methyl sites for hydroxylation is 1. The minimum Gasteiger partial charge on any atom is -0.330 e. The molecule has 7 heteroatoms. The van der Waals surface area contributed by atoms with E-state index in [4.69, 9.17) is 5.73 Å². The molecule has 0 spiro atoms. The van der Waals surface area contributed by atoms with Gasteiger partial charge in [-0.15, -0.1) is 11.3 Å². The average molecular weight is 251 g/mol. The van der Waals surface area contributed by atoms with Crippen LogP contribution >= 0.6 is 11.3 Å². The molecule has 17 heavy (non-hydrogen) atoms. The van der Waals surface area contributed by atoms with E-state index in [1.165, 1.54) is 11.3 Å². The third-order valence-electron chi connectivity index (χ3n) is 2.11. The Morgan fingerprint density at radius 2 is 2.47 bits per heavy atom. The highest BCUT2D eigenvalue weighted by molar-refractivity contribution is 7.09. The summed E-state index contributed by atoms with van der Waals surface area (Å²) in [4.78, 5) is 16.0. The molecule has 0 aliphatic heterocycles. The van der Waals surface area contributed by atoms with Crippen LogP contribution < -0.4 is 11.1 Å². The monoisotopic (exact) mass is 251 g/mol. The van der Waals surface area contributed by atoms with Crippen molar-refractivity contribution in [2.24, 2.45) is 12.8 Å². The van der Waals surface area contributed by atoms with Gasteiger partial charge in [0.05, 0.1) is 16.9 Å². The Morgan fingerprint density at radius 1 is 1.65 bits per heavy atom. The van der Waals surface area contributed by atoms with Gasteiger partial charge in [-0.2, -0.15) is 5.10 Å². The summed E-state index contributed by atoms with van der Waals surface area (Å²) in [5.41, 5.74) is 6.50. The lowest BCUT2D eigenvalue weighted by molar-refractivity contribution is 0.102. The first-order chi connectivity index (χ1) is 8.19. The molecule has 3 N–H and O–H groups in total. The smallest absolute Gasteiger partial charge is 0.275 e. The first kappa shape index (κ1) is 11.7. The topological polar surface area (TPSA) is 85.8 Å². The largest absolute Gasteiger partial charge is 0.330 e. The third-order valence-corrected chi connectivity index (χ3v) is 3.01. The highest BCUT2D eigenvalue weighted by atomic mass is 32.1. The lowest BCUT2D eigenvalue weighted by Gasteiger charge is -1.97. The molecule has 2 aromatic rings. The summed E-state index contributed by atoms with van der Waals surface area (Å²) in [6.07, 6.45) is 4.01. The lowest BCUT2D eigenvalue weighted by Crippen LogP contribution is -2.12. The zero-order valence-corrected chi connectivity index (χ0v) is 10.2. The molecule has 0 saturated carbocycles. The molecular weight excluding hydrogens is 238 g/mol. The van der Waals surface area contributed by atoms with Crippen molar-refractivity contribution in [2.75, 3.05) is 11.9 Å². The fourth-order valence-electron chi connectivity index (χ4n) is 1.33. The zero-order valence-electron chi connectivity index (χ0n) is 9.38. The van der Waals surface area contributed by atoms with Gasteiger partial charge in [-0.1, -0.05) is 0 Å². The lowest BCUT2D eigenvalue weighted by atomic mass is 10.4. The van der Waals surface area contributed by atoms with Crippen molar-refractivity contribution >= 4 is 22.9 Å². The Balaban J connectivity index is 2.03. The number of amides is 1. The fraction of sp³-hybridized carbons (Fsp3) is 0.300. The van der Waals surface area contributed by atoms with Gasteiger partial charge in [-0.05, 0) is 6.54 Å². The van der Waals surface area contributed by atoms with E-state index in [1.54, 1.807) is 29.5 Å². The molecule has 2 aromatic heterocycles. The number of anilines is 1. The van der Waals surface area contributed by atoms with E-state index in [1.807, 2.05) is 0 Å². The number of rotatable bonds is 4. The van der Waals surface area contributed by atoms with Gasteiger partial charge in [0.1, 0.15) is 5.69 Å². The molecule has 0 bridgehead atoms. The summed E-state index contributed by atoms with van der Waals surface area (Å²) in [7, 11) is 1.79. The molecule has 0 atom stereocenters. The average Bonchev–Trinajstić information content (AvgIpc) is 2.88. The minimum absolute atomic E-state index is 0.225. The van der Waals surface area contributed by atoms with Gasteiger partial charge < -0.3 is 11.1 Å². The number of nitrogens with zero attached hydrogens (tertiary/aromatic N) is 3. The van der Waals surface area contributed by atoms with Crippen molar-refractivity contribution in [3.8, 4) is 0 Å². The Kier molecular flexibility index (Phi) is 3.50. The highest BCUT2D eigenvalue weighted by Gasteiger charge is 2.11. The molecule has 90 valence electrons. The van der Waals surface area contributed by atoms with Crippen molar-refractivity contribution < 1.29 is 4.79 Å². The number of hydrogen-bond acceptors (Lipinski definition) is 5. The van der Waals surface area contributed by atoms with Gasteiger partial charge in [-0.3, -0.25) is 9.48 Å². The summed E-state index contributed by atoms with van der Waals surface area (Å²) in [6, 6.07) is 0. The maximum Gasteiger partial charge on any atom is 0.275 e. The van der Waals surface area contributed by atoms with Crippen LogP contribution in [-0.2, 0) is 13.5 Å². The van der Waals surface area contributed by atoms with E-state index >= 15 is 0 Å². The van der Waals surface area contributed by atoms with E-state index in [-0.39, 0.29) is 5.91 Å². The number of nitrogens with two attached hydrogens (primary N) is 1. The van der Waals surface area contributed by atoms with Crippen LogP contribution in [0.5, 0.6) is 0 Å². The standard InChI is InChI=1S/C10H13N5OS/c1-15-5-7(4-12-15)13-10(16)8-6-17-9(14-8)2-3-11/h4-6H,2-3,11H2,1H3,(H,13,16). The molecule has 0 aromatic carbocycles. The van der Waals surface area contributed by atoms with Crippen LogP contribution in [0.25, 0.3) is 0 Å². The predicted molar refractivity (Wildman–Crippen MR) is 66.0 cm³/mol. The van der Waals surface area contributed by atoms with Crippen LogP contribution in [0.3, 0.4) is 0 Å². The molecule has 0 aliphatic carbocycles. The van der Waals surface area contributed by atoms with Crippen LogP contribution in [0, 0.1) is 0 Å². The fourth-order valence-corrected chi connectivity index (χ4v) is 2.13. The van der Waals surface area contributed by atoms with E-state index in [0.717, 1.165) is 5.01 Å². The first-order valence-electron chi connectivity index (χ1n) is 5.13. The van der Waals surface area contributed by atoms with Crippen LogP contribution in [0.2, 0.25) is 0 Å². The molecule has 2 heterocycles. The highest BCUT2D eigenvalue weighted by Crippen LogP contribution is 2.12. The summed E-state index contributed by atoms with van der Waals surface area (Å²) >= 11 is 1.45. The number of hydrogen-bond donors (Lipinski definition) is 2. The molecule has 0 unspecified atom stereocenters. The van der Waals surface area contributed by atoms with E-state index < -0.39 is 0 Å². The van der Waals surface area contributed by atoms with Gasteiger partial charge in [0.25, 0.3) is 5.91 Å². The van der Waals surface area contributed by atoms with Crippen molar-refractivity contribution in [1.82, 2.24) is 14.8 Å². The summed E-state index contributed by atoms with van der Waals surface area (Å²) < 4.78 is 1.62. The number of carbonyl (C=O) groups is 1. The molecule has 6 nitrogen and oxygen atoms in total. The van der Waals surface area contributed by atoms with Gasteiger partial charge in [0, 0.05) is 25.0 Å². The van der Waals surface area contributed by atoms with Gasteiger partial charge in [-0.25, -0.2) is 4.98 Å². The van der Waals surface area contributed by atoms with Crippen molar-refractivity contribution in [1.29, 1.82) is 0 Å². The Bertz CT molecular complexity index is 518. The Labute approximate surface area is 102 Å². The molecule has 2 rings (SSSR count). The third kappa shape index (κ3) is 2.89. The van der Waals surface area contributed by atoms with Gasteiger partial charge >= 0.3 is 0 Å². The Hall–Kier alpha value is -1.73. The number of aromatic nitrogens is 3. The summed E-state index contributed by atoms with van der Waals surface area (Å²) in [5.74, 6) is -0.225. The first-order valence-corrected chi connectivity index (χ1v) is 6.01. The molecular formula is C10H13N5OS. The molecule has 0 radical (unpaired) electrons. The van der Waals surface area contributed by atoms with Crippen LogP contribution in [0.15, 0.2) is 17.8 Å². The number of thiazole rings is 1. The second-order valence-electron chi connectivity index (χ2n) is 3.52. The van der Waals surface area contributed by atoms with Crippen LogP contribution in [0.1, 0.15) is 15.5 Å². The van der Waals surface area contributed by atoms with Gasteiger partial charge in [0.15, 0.2) is 0 Å². The minimum atomic E-state index is -0.225. The maximum absolute atomic E-state index is 11.8. The van der Waals surface area contributed by atoms with Crippen molar-refractivity contribution in [3.05, 3.63) is 28.5 Å². The summed E-state index contributed by atoms with van der Waals surface area (Å²) in [5, 5.41) is 9.30. The predicted octanol–water partition coefficient (Wildman–Crippen LogP) is 0.630. The SMILES string of the molecule is Cn1cc(NC(=O)c2csc(CCN)n2)cn1. The molecule has 1 amide bonds. The van der Waals surface area contributed by atoms with E-state index in [0.29, 0.717) is 24.3 Å². The number of carbonyl (C=O) groups excluding carboxylic acids is 1. The second kappa shape index (κ2) is 5.07. The van der Waals surface area contributed by atoms with Gasteiger partial charge in [0.2, 0.25) is 0 Å². The van der Waals surface area contributed by atoms with Crippen LogP contribution in [0.4, 0.5) is 5.69 Å². The summed E-state index contributed by atoms with van der Waals surface area (Å²) in [6.45, 7) is 0.539. The van der Waals surface area contributed by atoms with Crippen molar-refractivity contribution in [3.63, 3.8) is 0 Å².